The minimum atomic E-state index is -0.861. The summed E-state index contributed by atoms with van der Waals surface area (Å²) in [5.41, 5.74) is 22.9. The molecule has 4 nitrogen and oxygen atoms in total. The highest BCUT2D eigenvalue weighted by atomic mass is 16.3. The summed E-state index contributed by atoms with van der Waals surface area (Å²) in [6, 6.07) is 75.8. The number of anilines is 6. The summed E-state index contributed by atoms with van der Waals surface area (Å²) in [5.74, 6) is 0. The molecule has 0 saturated heterocycles. The molecule has 1 aliphatic carbocycles. The van der Waals surface area contributed by atoms with Crippen LogP contribution in [0.2, 0.25) is 0 Å². The highest BCUT2D eigenvalue weighted by Crippen LogP contribution is 2.66. The fraction of sp³-hybridized carbons (Fsp3) is 0.0769. The van der Waals surface area contributed by atoms with Gasteiger partial charge in [0.25, 0.3) is 0 Å². The molecule has 0 radical (unpaired) electrons. The molecule has 14 rings (SSSR count). The minimum Gasteiger partial charge on any atom is -0.455 e. The summed E-state index contributed by atoms with van der Waals surface area (Å²) in [6.45, 7) is 8.82. The summed E-state index contributed by atoms with van der Waals surface area (Å²) in [6.07, 6.45) is 0. The highest BCUT2D eigenvalue weighted by Gasteiger charge is 2.52. The van der Waals surface area contributed by atoms with Crippen molar-refractivity contribution in [2.45, 2.75) is 33.1 Å². The average Bonchev–Trinajstić information content (AvgIpc) is 4.06. The van der Waals surface area contributed by atoms with Gasteiger partial charge in [0.05, 0.1) is 27.9 Å². The summed E-state index contributed by atoms with van der Waals surface area (Å²) < 4.78 is 14.8. The molecule has 2 aliphatic rings. The molecule has 2 aromatic heterocycles. The number of hydrogen-bond acceptors (Lipinski definition) is 4. The standard InChI is InChI=1S/C65H46N2O2/c1-39-31-33-42(4)53(35-39)66(44-22-9-6-10-23-44)56-38-50-61(60-48-26-14-18-30-58(48)68-63(56)60)62-51-37-55(59-47-25-13-17-29-57(47)69-64(59)62)67(52-28-16-11-19-41(52)3)54-36-40(2)32-34-46(54)45-24-12-15-27-49(45)65(50,51)43-20-7-5-8-21-43/h5-38H,1-4H3. The second-order valence-electron chi connectivity index (χ2n) is 19.0. The molecule has 10 aromatic carbocycles. The molecule has 0 fully saturated rings. The van der Waals surface area contributed by atoms with E-state index in [1.165, 1.54) is 50.1 Å². The average molecular weight is 887 g/mol. The van der Waals surface area contributed by atoms with E-state index in [0.717, 1.165) is 94.7 Å². The third-order valence-electron chi connectivity index (χ3n) is 15.0. The summed E-state index contributed by atoms with van der Waals surface area (Å²) in [4.78, 5) is 4.95. The Bertz CT molecular complexity index is 4090. The van der Waals surface area contributed by atoms with Crippen LogP contribution in [0.15, 0.2) is 215 Å². The van der Waals surface area contributed by atoms with Gasteiger partial charge >= 0.3 is 0 Å². The van der Waals surface area contributed by atoms with Gasteiger partial charge in [-0.05, 0) is 132 Å². The zero-order valence-corrected chi connectivity index (χ0v) is 38.8. The Morgan fingerprint density at radius 3 is 1.81 bits per heavy atom. The first kappa shape index (κ1) is 39.6. The van der Waals surface area contributed by atoms with Crippen molar-refractivity contribution in [2.24, 2.45) is 0 Å². The van der Waals surface area contributed by atoms with E-state index in [0.29, 0.717) is 0 Å². The zero-order valence-electron chi connectivity index (χ0n) is 38.8. The van der Waals surface area contributed by atoms with E-state index in [9.17, 15) is 0 Å². The van der Waals surface area contributed by atoms with Crippen LogP contribution in [0.1, 0.15) is 44.5 Å². The molecule has 0 amide bonds. The number of para-hydroxylation sites is 4. The molecule has 0 spiro atoms. The molecule has 1 aliphatic heterocycles. The lowest BCUT2D eigenvalue weighted by Crippen LogP contribution is -2.29. The van der Waals surface area contributed by atoms with Gasteiger partial charge in [-0.2, -0.15) is 0 Å². The van der Waals surface area contributed by atoms with Gasteiger partial charge in [-0.15, -0.1) is 0 Å². The maximum absolute atomic E-state index is 7.46. The quantitative estimate of drug-likeness (QED) is 0.172. The largest absolute Gasteiger partial charge is 0.455 e. The van der Waals surface area contributed by atoms with Crippen LogP contribution in [0.3, 0.4) is 0 Å². The van der Waals surface area contributed by atoms with E-state index in [1.54, 1.807) is 0 Å². The first-order valence-corrected chi connectivity index (χ1v) is 23.9. The van der Waals surface area contributed by atoms with Crippen molar-refractivity contribution in [1.29, 1.82) is 0 Å². The van der Waals surface area contributed by atoms with Crippen LogP contribution in [0.4, 0.5) is 34.1 Å². The molecule has 328 valence electrons. The SMILES string of the molecule is Cc1ccc(C)c(N(c2ccccc2)c2cc3c(c4c2oc2ccccc24)-c2c4cc(c5c2oc2ccccc25)N(c2ccccc2C)c2cc(C)ccc2-c2ccccc2C43c2ccccc2)c1. The number of rotatable bonds is 5. The molecule has 4 heteroatoms. The van der Waals surface area contributed by atoms with Crippen molar-refractivity contribution in [2.75, 3.05) is 9.80 Å². The molecule has 0 N–H and O–H groups in total. The van der Waals surface area contributed by atoms with E-state index in [1.807, 2.05) is 0 Å². The summed E-state index contributed by atoms with van der Waals surface area (Å²) >= 11 is 0. The van der Waals surface area contributed by atoms with Gasteiger partial charge in [-0.3, -0.25) is 0 Å². The number of hydrogen-bond donors (Lipinski definition) is 0. The van der Waals surface area contributed by atoms with Crippen LogP contribution >= 0.6 is 0 Å². The predicted molar refractivity (Wildman–Crippen MR) is 286 cm³/mol. The summed E-state index contributed by atoms with van der Waals surface area (Å²) in [5, 5.41) is 4.28. The van der Waals surface area contributed by atoms with Crippen LogP contribution in [0.25, 0.3) is 66.1 Å². The first-order chi connectivity index (χ1) is 33.9. The number of furan rings is 2. The first-order valence-electron chi connectivity index (χ1n) is 23.9. The van der Waals surface area contributed by atoms with Crippen molar-refractivity contribution in [3.05, 3.63) is 251 Å². The van der Waals surface area contributed by atoms with Crippen LogP contribution in [-0.4, -0.2) is 0 Å². The van der Waals surface area contributed by atoms with E-state index in [-0.39, 0.29) is 0 Å². The van der Waals surface area contributed by atoms with Crippen LogP contribution in [0, 0.1) is 27.7 Å². The number of nitrogens with zero attached hydrogens (tertiary/aromatic N) is 2. The van der Waals surface area contributed by atoms with Crippen molar-refractivity contribution in [3.63, 3.8) is 0 Å². The third kappa shape index (κ3) is 5.46. The Balaban J connectivity index is 1.28. The van der Waals surface area contributed by atoms with Gasteiger partial charge in [-0.25, -0.2) is 0 Å². The molecule has 1 atom stereocenters. The Morgan fingerprint density at radius 2 is 1.03 bits per heavy atom. The minimum absolute atomic E-state index is 0.825. The van der Waals surface area contributed by atoms with Gasteiger partial charge in [0, 0.05) is 49.9 Å². The van der Waals surface area contributed by atoms with E-state index >= 15 is 0 Å². The van der Waals surface area contributed by atoms with E-state index in [4.69, 9.17) is 8.83 Å². The van der Waals surface area contributed by atoms with Gasteiger partial charge in [0.1, 0.15) is 16.7 Å². The van der Waals surface area contributed by atoms with E-state index in [2.05, 4.69) is 244 Å². The molecule has 69 heavy (non-hydrogen) atoms. The smallest absolute Gasteiger partial charge is 0.160 e. The Hall–Kier alpha value is -8.60. The van der Waals surface area contributed by atoms with Gasteiger partial charge in [-0.1, -0.05) is 152 Å². The van der Waals surface area contributed by atoms with Crippen LogP contribution in [0.5, 0.6) is 0 Å². The molecule has 0 saturated carbocycles. The third-order valence-corrected chi connectivity index (χ3v) is 15.0. The topological polar surface area (TPSA) is 32.8 Å². The fourth-order valence-electron chi connectivity index (χ4n) is 12.0. The van der Waals surface area contributed by atoms with Crippen molar-refractivity contribution in [1.82, 2.24) is 0 Å². The lowest BCUT2D eigenvalue weighted by Gasteiger charge is -2.36. The molecular weight excluding hydrogens is 841 g/mol. The fourth-order valence-corrected chi connectivity index (χ4v) is 12.0. The Labute approximate surface area is 400 Å². The lowest BCUT2D eigenvalue weighted by atomic mass is 9.65. The Kier molecular flexibility index (Phi) is 8.43. The van der Waals surface area contributed by atoms with E-state index < -0.39 is 5.41 Å². The second-order valence-corrected chi connectivity index (χ2v) is 19.0. The number of fused-ring (bicyclic) bond motifs is 11. The normalized spacial score (nSPS) is 14.7. The Morgan fingerprint density at radius 1 is 0.406 bits per heavy atom. The number of benzene rings is 10. The molecule has 3 heterocycles. The van der Waals surface area contributed by atoms with Gasteiger partial charge in [0.15, 0.2) is 5.58 Å². The van der Waals surface area contributed by atoms with Gasteiger partial charge in [0.2, 0.25) is 0 Å². The van der Waals surface area contributed by atoms with Gasteiger partial charge < -0.3 is 18.6 Å². The molecule has 4 bridgehead atoms. The molecule has 12 aromatic rings. The summed E-state index contributed by atoms with van der Waals surface area (Å²) in [7, 11) is 0. The van der Waals surface area contributed by atoms with Crippen LogP contribution in [-0.2, 0) is 5.41 Å². The predicted octanol–water partition coefficient (Wildman–Crippen LogP) is 18.0. The van der Waals surface area contributed by atoms with Crippen molar-refractivity contribution < 1.29 is 8.83 Å². The monoisotopic (exact) mass is 886 g/mol. The maximum atomic E-state index is 7.46. The maximum Gasteiger partial charge on any atom is 0.160 e. The van der Waals surface area contributed by atoms with Crippen LogP contribution < -0.4 is 9.80 Å². The zero-order chi connectivity index (χ0) is 46.1. The van der Waals surface area contributed by atoms with Crippen molar-refractivity contribution >= 4 is 78.0 Å². The highest BCUT2D eigenvalue weighted by molar-refractivity contribution is 6.26. The second kappa shape index (κ2) is 14.7. The lowest BCUT2D eigenvalue weighted by molar-refractivity contribution is 0.668. The number of aryl methyl sites for hydroxylation is 4. The molecular formula is C65H46N2O2. The molecule has 1 unspecified atom stereocenters. The van der Waals surface area contributed by atoms with Crippen molar-refractivity contribution in [3.8, 4) is 22.3 Å².